The summed E-state index contributed by atoms with van der Waals surface area (Å²) in [5.74, 6) is -1.26. The van der Waals surface area contributed by atoms with Crippen molar-refractivity contribution in [2.45, 2.75) is 25.6 Å². The van der Waals surface area contributed by atoms with E-state index in [9.17, 15) is 22.8 Å². The first-order valence-corrected chi connectivity index (χ1v) is 8.60. The highest BCUT2D eigenvalue weighted by Gasteiger charge is 2.48. The fraction of sp³-hybridized carbons (Fsp3) is 0.467. The highest BCUT2D eigenvalue weighted by Crippen LogP contribution is 2.28. The molecule has 7 nitrogen and oxygen atoms in total. The number of aromatic nitrogens is 3. The number of alkyl halides is 3. The van der Waals surface area contributed by atoms with Crippen molar-refractivity contribution < 1.29 is 22.8 Å². The van der Waals surface area contributed by atoms with Crippen LogP contribution in [0.2, 0.25) is 0 Å². The van der Waals surface area contributed by atoms with Gasteiger partial charge >= 0.3 is 6.18 Å². The largest absolute Gasteiger partial charge is 0.410 e. The fourth-order valence-corrected chi connectivity index (χ4v) is 3.62. The van der Waals surface area contributed by atoms with E-state index >= 15 is 0 Å². The van der Waals surface area contributed by atoms with E-state index in [2.05, 4.69) is 16.7 Å². The Balaban J connectivity index is 1.76. The Morgan fingerprint density at radius 3 is 2.77 bits per heavy atom. The molecule has 1 aliphatic rings. The molecule has 0 radical (unpaired) electrons. The maximum atomic E-state index is 13.4. The fourth-order valence-electron chi connectivity index (χ4n) is 2.88. The Labute approximate surface area is 150 Å². The first kappa shape index (κ1) is 18.4. The molecule has 1 atom stereocenters. The molecule has 0 N–H and O–H groups in total. The normalized spacial score (nSPS) is 18.4. The first-order valence-electron chi connectivity index (χ1n) is 7.78. The summed E-state index contributed by atoms with van der Waals surface area (Å²) in [6.45, 7) is 4.33. The Morgan fingerprint density at radius 1 is 1.42 bits per heavy atom. The van der Waals surface area contributed by atoms with Crippen LogP contribution in [0.4, 0.5) is 13.2 Å². The van der Waals surface area contributed by atoms with E-state index in [1.807, 2.05) is 6.92 Å². The molecule has 2 amide bonds. The molecule has 1 unspecified atom stereocenters. The number of carbonyl (C=O) groups is 2. The van der Waals surface area contributed by atoms with Gasteiger partial charge < -0.3 is 9.80 Å². The summed E-state index contributed by atoms with van der Waals surface area (Å²) in [7, 11) is 0. The number of hydrogen-bond donors (Lipinski definition) is 0. The minimum Gasteiger partial charge on any atom is -0.335 e. The van der Waals surface area contributed by atoms with Crippen molar-refractivity contribution in [2.75, 3.05) is 19.6 Å². The standard InChI is InChI=1S/C15H16F3N5O2S/c1-3-12(24)21-4-5-22(11(8-21)15(16,17)18)13(25)6-10-7-23-14(19-10)26-9(2)20-23/h3,7,11H,1,4-6,8H2,2H3. The van der Waals surface area contributed by atoms with Gasteiger partial charge in [0.25, 0.3) is 0 Å². The highest BCUT2D eigenvalue weighted by molar-refractivity contribution is 7.16. The molecule has 3 rings (SSSR count). The predicted molar refractivity (Wildman–Crippen MR) is 87.6 cm³/mol. The maximum Gasteiger partial charge on any atom is 0.410 e. The number of imidazole rings is 1. The lowest BCUT2D eigenvalue weighted by molar-refractivity contribution is -0.201. The summed E-state index contributed by atoms with van der Waals surface area (Å²) < 4.78 is 41.7. The molecular formula is C15H16F3N5O2S. The van der Waals surface area contributed by atoms with E-state index in [0.717, 1.165) is 20.9 Å². The summed E-state index contributed by atoms with van der Waals surface area (Å²) in [5, 5.41) is 4.96. The van der Waals surface area contributed by atoms with E-state index < -0.39 is 30.6 Å². The van der Waals surface area contributed by atoms with Gasteiger partial charge in [-0.3, -0.25) is 9.59 Å². The van der Waals surface area contributed by atoms with Gasteiger partial charge in [0.1, 0.15) is 11.0 Å². The lowest BCUT2D eigenvalue weighted by atomic mass is 10.1. The van der Waals surface area contributed by atoms with Crippen molar-refractivity contribution in [1.82, 2.24) is 24.4 Å². The maximum absolute atomic E-state index is 13.4. The van der Waals surface area contributed by atoms with E-state index in [1.54, 1.807) is 0 Å². The van der Waals surface area contributed by atoms with Crippen molar-refractivity contribution >= 4 is 28.1 Å². The van der Waals surface area contributed by atoms with Crippen LogP contribution < -0.4 is 0 Å². The number of piperazine rings is 1. The van der Waals surface area contributed by atoms with Gasteiger partial charge in [-0.25, -0.2) is 9.50 Å². The van der Waals surface area contributed by atoms with Gasteiger partial charge in [-0.15, -0.1) is 0 Å². The van der Waals surface area contributed by atoms with Crippen molar-refractivity contribution in [3.05, 3.63) is 29.6 Å². The molecular weight excluding hydrogens is 371 g/mol. The number of rotatable bonds is 3. The molecule has 0 aromatic carbocycles. The summed E-state index contributed by atoms with van der Waals surface area (Å²) in [4.78, 5) is 30.7. The number of nitrogens with zero attached hydrogens (tertiary/aromatic N) is 5. The van der Waals surface area contributed by atoms with Crippen LogP contribution >= 0.6 is 11.3 Å². The topological polar surface area (TPSA) is 70.8 Å². The Bertz CT molecular complexity index is 828. The second-order valence-corrected chi connectivity index (χ2v) is 7.05. The minimum atomic E-state index is -4.64. The average Bonchev–Trinajstić information content (AvgIpc) is 3.09. The number of amides is 2. The van der Waals surface area contributed by atoms with Crippen LogP contribution in [0, 0.1) is 6.92 Å². The zero-order chi connectivity index (χ0) is 19.1. The lowest BCUT2D eigenvalue weighted by Gasteiger charge is -2.41. The van der Waals surface area contributed by atoms with E-state index in [0.29, 0.717) is 10.7 Å². The van der Waals surface area contributed by atoms with Gasteiger partial charge in [0.2, 0.25) is 16.8 Å². The molecule has 3 heterocycles. The third kappa shape index (κ3) is 3.57. The van der Waals surface area contributed by atoms with Crippen LogP contribution in [-0.4, -0.2) is 68.1 Å². The predicted octanol–water partition coefficient (Wildman–Crippen LogP) is 1.43. The monoisotopic (exact) mass is 387 g/mol. The number of carbonyl (C=O) groups excluding carboxylic acids is 2. The Morgan fingerprint density at radius 2 is 2.15 bits per heavy atom. The van der Waals surface area contributed by atoms with Gasteiger partial charge in [0.05, 0.1) is 24.9 Å². The molecule has 11 heteroatoms. The van der Waals surface area contributed by atoms with Crippen molar-refractivity contribution in [3.63, 3.8) is 0 Å². The molecule has 0 aliphatic carbocycles. The van der Waals surface area contributed by atoms with E-state index in [1.165, 1.54) is 22.0 Å². The van der Waals surface area contributed by atoms with Crippen LogP contribution in [0.15, 0.2) is 18.9 Å². The molecule has 0 saturated carbocycles. The summed E-state index contributed by atoms with van der Waals surface area (Å²) in [6.07, 6.45) is -2.38. The van der Waals surface area contributed by atoms with E-state index in [-0.39, 0.29) is 19.5 Å². The van der Waals surface area contributed by atoms with E-state index in [4.69, 9.17) is 0 Å². The number of hydrogen-bond acceptors (Lipinski definition) is 5. The van der Waals surface area contributed by atoms with Crippen LogP contribution in [0.25, 0.3) is 4.96 Å². The van der Waals surface area contributed by atoms with Gasteiger partial charge in [-0.1, -0.05) is 17.9 Å². The smallest absolute Gasteiger partial charge is 0.335 e. The lowest BCUT2D eigenvalue weighted by Crippen LogP contribution is -2.61. The number of fused-ring (bicyclic) bond motifs is 1. The van der Waals surface area contributed by atoms with Crippen molar-refractivity contribution in [1.29, 1.82) is 0 Å². The van der Waals surface area contributed by atoms with Crippen LogP contribution in [0.1, 0.15) is 10.7 Å². The Hall–Kier alpha value is -2.43. The quantitative estimate of drug-likeness (QED) is 0.747. The van der Waals surface area contributed by atoms with Gasteiger partial charge in [0, 0.05) is 13.1 Å². The SMILES string of the molecule is C=CC(=O)N1CCN(C(=O)Cc2cn3nc(C)sc3n2)C(C(F)(F)F)C1. The molecule has 140 valence electrons. The van der Waals surface area contributed by atoms with Crippen molar-refractivity contribution in [2.24, 2.45) is 0 Å². The van der Waals surface area contributed by atoms with Crippen LogP contribution in [0.5, 0.6) is 0 Å². The molecule has 0 spiro atoms. The molecule has 0 bridgehead atoms. The molecule has 1 aliphatic heterocycles. The number of aryl methyl sites for hydroxylation is 1. The average molecular weight is 387 g/mol. The van der Waals surface area contributed by atoms with Gasteiger partial charge in [-0.05, 0) is 13.0 Å². The van der Waals surface area contributed by atoms with Crippen LogP contribution in [0.3, 0.4) is 0 Å². The zero-order valence-electron chi connectivity index (χ0n) is 13.9. The summed E-state index contributed by atoms with van der Waals surface area (Å²) in [6, 6.07) is -2.04. The molecule has 1 fully saturated rings. The highest BCUT2D eigenvalue weighted by atomic mass is 32.1. The molecule has 1 saturated heterocycles. The third-order valence-corrected chi connectivity index (χ3v) is 4.93. The third-order valence-electron chi connectivity index (χ3n) is 4.09. The molecule has 2 aromatic rings. The minimum absolute atomic E-state index is 0.0300. The number of halogens is 3. The molecule has 2 aromatic heterocycles. The second-order valence-electron chi connectivity index (χ2n) is 5.89. The summed E-state index contributed by atoms with van der Waals surface area (Å²) >= 11 is 1.33. The van der Waals surface area contributed by atoms with Crippen LogP contribution in [-0.2, 0) is 16.0 Å². The molecule has 26 heavy (non-hydrogen) atoms. The Kier molecular flexibility index (Phi) is 4.74. The van der Waals surface area contributed by atoms with Crippen molar-refractivity contribution in [3.8, 4) is 0 Å². The zero-order valence-corrected chi connectivity index (χ0v) is 14.7. The second kappa shape index (κ2) is 6.71. The van der Waals surface area contributed by atoms with Gasteiger partial charge in [-0.2, -0.15) is 18.3 Å². The first-order chi connectivity index (χ1) is 12.2. The summed E-state index contributed by atoms with van der Waals surface area (Å²) in [5.41, 5.74) is 0.360. The van der Waals surface area contributed by atoms with Gasteiger partial charge in [0.15, 0.2) is 0 Å².